The van der Waals surface area contributed by atoms with Gasteiger partial charge in [-0.2, -0.15) is 0 Å². The fraction of sp³-hybridized carbons (Fsp3) is 0.867. The van der Waals surface area contributed by atoms with E-state index in [0.29, 0.717) is 24.9 Å². The quantitative estimate of drug-likeness (QED) is 0.789. The summed E-state index contributed by atoms with van der Waals surface area (Å²) in [7, 11) is 0. The van der Waals surface area contributed by atoms with Crippen molar-refractivity contribution < 1.29 is 14.3 Å². The van der Waals surface area contributed by atoms with Crippen molar-refractivity contribution in [3.63, 3.8) is 0 Å². The van der Waals surface area contributed by atoms with E-state index in [4.69, 9.17) is 4.74 Å². The molecule has 1 aliphatic carbocycles. The third-order valence-corrected chi connectivity index (χ3v) is 4.55. The number of piperidine rings is 1. The molecule has 1 aliphatic heterocycles. The van der Waals surface area contributed by atoms with Crippen molar-refractivity contribution >= 4 is 11.9 Å². The van der Waals surface area contributed by atoms with Gasteiger partial charge < -0.3 is 9.64 Å². The SMILES string of the molecule is CCC[C@@H]1[C@@H]2CCCC(=O)[C@H]2CCN1C(=O)OCC. The summed E-state index contributed by atoms with van der Waals surface area (Å²) in [6.45, 7) is 5.07. The first kappa shape index (κ1) is 14.4. The Bertz CT molecular complexity index is 342. The Morgan fingerprint density at radius 1 is 1.37 bits per heavy atom. The molecule has 3 atom stereocenters. The van der Waals surface area contributed by atoms with Gasteiger partial charge in [-0.3, -0.25) is 4.79 Å². The van der Waals surface area contributed by atoms with Crippen LogP contribution in [0.3, 0.4) is 0 Å². The molecule has 0 aromatic carbocycles. The monoisotopic (exact) mass is 267 g/mol. The number of rotatable bonds is 3. The Morgan fingerprint density at radius 2 is 2.16 bits per heavy atom. The summed E-state index contributed by atoms with van der Waals surface area (Å²) in [5, 5.41) is 0. The van der Waals surface area contributed by atoms with Gasteiger partial charge in [0.25, 0.3) is 0 Å². The van der Waals surface area contributed by atoms with Crippen LogP contribution in [-0.4, -0.2) is 36.0 Å². The molecule has 1 amide bonds. The Labute approximate surface area is 115 Å². The lowest BCUT2D eigenvalue weighted by atomic mass is 9.69. The van der Waals surface area contributed by atoms with Gasteiger partial charge in [0.1, 0.15) is 5.78 Å². The molecule has 0 radical (unpaired) electrons. The molecule has 0 spiro atoms. The largest absolute Gasteiger partial charge is 0.450 e. The van der Waals surface area contributed by atoms with Crippen LogP contribution >= 0.6 is 0 Å². The standard InChI is InChI=1S/C15H25NO3/c1-3-6-13-11-7-5-8-14(17)12(11)9-10-16(13)15(18)19-4-2/h11-13H,3-10H2,1-2H3/t11-,12+,13-/m1/s1. The van der Waals surface area contributed by atoms with Crippen LogP contribution in [0.1, 0.15) is 52.4 Å². The van der Waals surface area contributed by atoms with Gasteiger partial charge in [-0.05, 0) is 38.5 Å². The summed E-state index contributed by atoms with van der Waals surface area (Å²) in [6, 6.07) is 0.201. The summed E-state index contributed by atoms with van der Waals surface area (Å²) >= 11 is 0. The topological polar surface area (TPSA) is 46.6 Å². The number of fused-ring (bicyclic) bond motifs is 1. The van der Waals surface area contributed by atoms with Crippen LogP contribution in [0.5, 0.6) is 0 Å². The highest BCUT2D eigenvalue weighted by Gasteiger charge is 2.44. The highest BCUT2D eigenvalue weighted by molar-refractivity contribution is 5.82. The van der Waals surface area contributed by atoms with Crippen molar-refractivity contribution in [2.45, 2.75) is 58.4 Å². The molecule has 0 N–H and O–H groups in total. The van der Waals surface area contributed by atoms with E-state index in [0.717, 1.165) is 38.5 Å². The molecule has 0 bridgehead atoms. The molecular formula is C15H25NO3. The van der Waals surface area contributed by atoms with Crippen LogP contribution in [-0.2, 0) is 9.53 Å². The fourth-order valence-electron chi connectivity index (χ4n) is 3.75. The average Bonchev–Trinajstić information content (AvgIpc) is 2.40. The minimum absolute atomic E-state index is 0.191. The van der Waals surface area contributed by atoms with Gasteiger partial charge in [0.2, 0.25) is 0 Å². The number of nitrogens with zero attached hydrogens (tertiary/aromatic N) is 1. The molecule has 2 aliphatic rings. The van der Waals surface area contributed by atoms with Crippen molar-refractivity contribution in [3.8, 4) is 0 Å². The Hall–Kier alpha value is -1.06. The number of likely N-dealkylation sites (tertiary alicyclic amines) is 1. The number of ether oxygens (including phenoxy) is 1. The third-order valence-electron chi connectivity index (χ3n) is 4.55. The minimum Gasteiger partial charge on any atom is -0.450 e. The lowest BCUT2D eigenvalue weighted by molar-refractivity contribution is -0.130. The van der Waals surface area contributed by atoms with Gasteiger partial charge in [0.05, 0.1) is 6.61 Å². The van der Waals surface area contributed by atoms with E-state index >= 15 is 0 Å². The first-order valence-electron chi connectivity index (χ1n) is 7.65. The van der Waals surface area contributed by atoms with Crippen LogP contribution in [0.15, 0.2) is 0 Å². The number of hydrogen-bond acceptors (Lipinski definition) is 3. The van der Waals surface area contributed by atoms with E-state index in [1.165, 1.54) is 0 Å². The fourth-order valence-corrected chi connectivity index (χ4v) is 3.75. The molecule has 1 saturated heterocycles. The maximum atomic E-state index is 12.1. The Balaban J connectivity index is 2.13. The number of amides is 1. The maximum absolute atomic E-state index is 12.1. The molecular weight excluding hydrogens is 242 g/mol. The van der Waals surface area contributed by atoms with Crippen molar-refractivity contribution in [1.29, 1.82) is 0 Å². The normalized spacial score (nSPS) is 30.9. The molecule has 4 heteroatoms. The summed E-state index contributed by atoms with van der Waals surface area (Å²) in [6.07, 6.45) is 5.44. The summed E-state index contributed by atoms with van der Waals surface area (Å²) in [5.74, 6) is 0.969. The molecule has 1 heterocycles. The number of Topliss-reactive ketones (excluding diaryl/α,β-unsaturated/α-hetero) is 1. The Kier molecular flexibility index (Phi) is 4.83. The predicted molar refractivity (Wildman–Crippen MR) is 72.9 cm³/mol. The molecule has 0 aromatic rings. The maximum Gasteiger partial charge on any atom is 0.410 e. The molecule has 0 aromatic heterocycles. The van der Waals surface area contributed by atoms with Gasteiger partial charge in [-0.15, -0.1) is 0 Å². The highest BCUT2D eigenvalue weighted by atomic mass is 16.6. The van der Waals surface area contributed by atoms with E-state index in [-0.39, 0.29) is 18.1 Å². The van der Waals surface area contributed by atoms with E-state index in [9.17, 15) is 9.59 Å². The van der Waals surface area contributed by atoms with Crippen LogP contribution in [0, 0.1) is 11.8 Å². The number of carbonyl (C=O) groups is 2. The predicted octanol–water partition coefficient (Wildman–Crippen LogP) is 3.00. The summed E-state index contributed by atoms with van der Waals surface area (Å²) in [5.41, 5.74) is 0. The van der Waals surface area contributed by atoms with Crippen LogP contribution in [0.25, 0.3) is 0 Å². The van der Waals surface area contributed by atoms with Crippen molar-refractivity contribution in [1.82, 2.24) is 4.90 Å². The van der Waals surface area contributed by atoms with Crippen molar-refractivity contribution in [2.24, 2.45) is 11.8 Å². The van der Waals surface area contributed by atoms with Crippen molar-refractivity contribution in [3.05, 3.63) is 0 Å². The zero-order valence-corrected chi connectivity index (χ0v) is 12.1. The molecule has 2 fully saturated rings. The van der Waals surface area contributed by atoms with Crippen LogP contribution < -0.4 is 0 Å². The van der Waals surface area contributed by atoms with Crippen molar-refractivity contribution in [2.75, 3.05) is 13.2 Å². The number of ketones is 1. The lowest BCUT2D eigenvalue weighted by Gasteiger charge is -2.46. The smallest absolute Gasteiger partial charge is 0.410 e. The molecule has 4 nitrogen and oxygen atoms in total. The first-order valence-corrected chi connectivity index (χ1v) is 7.65. The summed E-state index contributed by atoms with van der Waals surface area (Å²) in [4.78, 5) is 26.0. The van der Waals surface area contributed by atoms with Gasteiger partial charge >= 0.3 is 6.09 Å². The van der Waals surface area contributed by atoms with Gasteiger partial charge in [-0.1, -0.05) is 13.3 Å². The van der Waals surface area contributed by atoms with Gasteiger partial charge in [-0.25, -0.2) is 4.79 Å². The van der Waals surface area contributed by atoms with E-state index < -0.39 is 0 Å². The lowest BCUT2D eigenvalue weighted by Crippen LogP contribution is -2.54. The molecule has 0 unspecified atom stereocenters. The number of carbonyl (C=O) groups excluding carboxylic acids is 2. The summed E-state index contributed by atoms with van der Waals surface area (Å²) < 4.78 is 5.17. The molecule has 19 heavy (non-hydrogen) atoms. The Morgan fingerprint density at radius 3 is 2.84 bits per heavy atom. The number of hydrogen-bond donors (Lipinski definition) is 0. The van der Waals surface area contributed by atoms with Gasteiger partial charge in [0.15, 0.2) is 0 Å². The molecule has 108 valence electrons. The average molecular weight is 267 g/mol. The first-order chi connectivity index (χ1) is 9.19. The van der Waals surface area contributed by atoms with E-state index in [1.54, 1.807) is 0 Å². The second kappa shape index (κ2) is 6.40. The van der Waals surface area contributed by atoms with Crippen LogP contribution in [0.4, 0.5) is 4.79 Å². The zero-order valence-electron chi connectivity index (χ0n) is 12.1. The third kappa shape index (κ3) is 2.93. The van der Waals surface area contributed by atoms with E-state index in [1.807, 2.05) is 11.8 Å². The molecule has 1 saturated carbocycles. The molecule has 2 rings (SSSR count). The second-order valence-electron chi connectivity index (χ2n) is 5.67. The van der Waals surface area contributed by atoms with E-state index in [2.05, 4.69) is 6.92 Å². The second-order valence-corrected chi connectivity index (χ2v) is 5.67. The zero-order chi connectivity index (χ0) is 13.8. The van der Waals surface area contributed by atoms with Gasteiger partial charge in [0, 0.05) is 24.9 Å². The minimum atomic E-state index is -0.197. The van der Waals surface area contributed by atoms with Crippen LogP contribution in [0.2, 0.25) is 0 Å². The highest BCUT2D eigenvalue weighted by Crippen LogP contribution is 2.39.